The molecule has 0 spiro atoms. The maximum atomic E-state index is 3.08. The monoisotopic (exact) mass is 122 g/mol. The van der Waals surface area contributed by atoms with Gasteiger partial charge in [0, 0.05) is 5.92 Å². The summed E-state index contributed by atoms with van der Waals surface area (Å²) in [4.78, 5) is 0. The molecule has 0 amide bonds. The van der Waals surface area contributed by atoms with Crippen molar-refractivity contribution in [2.45, 2.75) is 27.2 Å². The van der Waals surface area contributed by atoms with Crippen molar-refractivity contribution in [1.82, 2.24) is 0 Å². The third-order valence-corrected chi connectivity index (χ3v) is 1.12. The lowest BCUT2D eigenvalue weighted by molar-refractivity contribution is 0.772. The largest absolute Gasteiger partial charge is 0.106 e. The fourth-order valence-electron chi connectivity index (χ4n) is 0.646. The van der Waals surface area contributed by atoms with Gasteiger partial charge in [-0.3, -0.25) is 0 Å². The normalized spacial score (nSPS) is 12.8. The van der Waals surface area contributed by atoms with Crippen molar-refractivity contribution in [3.05, 3.63) is 12.2 Å². The van der Waals surface area contributed by atoms with Crippen LogP contribution in [-0.2, 0) is 0 Å². The van der Waals surface area contributed by atoms with E-state index in [4.69, 9.17) is 0 Å². The van der Waals surface area contributed by atoms with Crippen molar-refractivity contribution in [3.63, 3.8) is 0 Å². The molecule has 0 bridgehead atoms. The molecule has 0 N–H and O–H groups in total. The number of hydrogen-bond donors (Lipinski definition) is 0. The van der Waals surface area contributed by atoms with Gasteiger partial charge in [-0.1, -0.05) is 19.1 Å². The number of rotatable bonds is 2. The molecule has 0 aliphatic heterocycles. The number of allylic oxidation sites excluding steroid dienone is 2. The summed E-state index contributed by atoms with van der Waals surface area (Å²) < 4.78 is 0. The zero-order chi connectivity index (χ0) is 7.11. The van der Waals surface area contributed by atoms with Crippen molar-refractivity contribution in [1.29, 1.82) is 0 Å². The average molecular weight is 122 g/mol. The van der Waals surface area contributed by atoms with E-state index in [0.29, 0.717) is 5.92 Å². The molecule has 1 atom stereocenters. The maximum absolute atomic E-state index is 3.08. The van der Waals surface area contributed by atoms with Gasteiger partial charge >= 0.3 is 0 Å². The minimum absolute atomic E-state index is 0.520. The first-order valence-electron chi connectivity index (χ1n) is 3.34. The van der Waals surface area contributed by atoms with Crippen molar-refractivity contribution in [3.8, 4) is 11.8 Å². The van der Waals surface area contributed by atoms with E-state index in [-0.39, 0.29) is 0 Å². The molecule has 0 heterocycles. The lowest BCUT2D eigenvalue weighted by Gasteiger charge is -1.94. The first-order valence-corrected chi connectivity index (χ1v) is 3.34. The van der Waals surface area contributed by atoms with Crippen LogP contribution in [0.15, 0.2) is 12.2 Å². The molecule has 0 rings (SSSR count). The Morgan fingerprint density at radius 2 is 2.22 bits per heavy atom. The van der Waals surface area contributed by atoms with E-state index in [1.54, 1.807) is 0 Å². The fourth-order valence-corrected chi connectivity index (χ4v) is 0.646. The van der Waals surface area contributed by atoms with Crippen LogP contribution in [0.25, 0.3) is 0 Å². The molecule has 0 aromatic carbocycles. The van der Waals surface area contributed by atoms with Gasteiger partial charge in [-0.05, 0) is 20.3 Å². The van der Waals surface area contributed by atoms with E-state index in [1.807, 2.05) is 13.8 Å². The molecule has 0 saturated heterocycles. The SMILES string of the molecule is CC#CC(C)C/C=C/C. The number of hydrogen-bond acceptors (Lipinski definition) is 0. The molecule has 0 aromatic rings. The molecule has 0 aromatic heterocycles. The predicted molar refractivity (Wildman–Crippen MR) is 42.0 cm³/mol. The van der Waals surface area contributed by atoms with Crippen LogP contribution in [0.2, 0.25) is 0 Å². The van der Waals surface area contributed by atoms with E-state index in [9.17, 15) is 0 Å². The van der Waals surface area contributed by atoms with Crippen LogP contribution < -0.4 is 0 Å². The summed E-state index contributed by atoms with van der Waals surface area (Å²) in [5.74, 6) is 6.49. The molecule has 0 radical (unpaired) electrons. The summed E-state index contributed by atoms with van der Waals surface area (Å²) in [5, 5.41) is 0. The standard InChI is InChI=1S/C9H14/c1-4-6-8-9(3)7-5-2/h4,6,9H,8H2,1-3H3/b6-4+. The summed E-state index contributed by atoms with van der Waals surface area (Å²) in [6, 6.07) is 0. The second-order valence-electron chi connectivity index (χ2n) is 2.10. The Bertz CT molecular complexity index is 132. The first kappa shape index (κ1) is 8.30. The van der Waals surface area contributed by atoms with Gasteiger partial charge in [0.15, 0.2) is 0 Å². The van der Waals surface area contributed by atoms with Gasteiger partial charge in [-0.25, -0.2) is 0 Å². The van der Waals surface area contributed by atoms with Gasteiger partial charge in [-0.2, -0.15) is 0 Å². The van der Waals surface area contributed by atoms with Gasteiger partial charge in [0.25, 0.3) is 0 Å². The predicted octanol–water partition coefficient (Wildman–Crippen LogP) is 2.61. The molecule has 0 aliphatic carbocycles. The molecule has 0 aliphatic rings. The zero-order valence-electron chi connectivity index (χ0n) is 6.44. The van der Waals surface area contributed by atoms with Crippen LogP contribution in [0.3, 0.4) is 0 Å². The molecule has 0 saturated carbocycles. The Morgan fingerprint density at radius 1 is 1.56 bits per heavy atom. The van der Waals surface area contributed by atoms with E-state index in [1.165, 1.54) is 0 Å². The first-order chi connectivity index (χ1) is 4.31. The lowest BCUT2D eigenvalue weighted by atomic mass is 10.1. The van der Waals surface area contributed by atoms with Crippen molar-refractivity contribution in [2.24, 2.45) is 5.92 Å². The van der Waals surface area contributed by atoms with Crippen LogP contribution in [0, 0.1) is 17.8 Å². The Morgan fingerprint density at radius 3 is 2.67 bits per heavy atom. The zero-order valence-corrected chi connectivity index (χ0v) is 6.44. The quantitative estimate of drug-likeness (QED) is 0.390. The highest BCUT2D eigenvalue weighted by Gasteiger charge is 1.89. The van der Waals surface area contributed by atoms with Gasteiger partial charge in [0.05, 0.1) is 0 Å². The van der Waals surface area contributed by atoms with Crippen LogP contribution in [-0.4, -0.2) is 0 Å². The van der Waals surface area contributed by atoms with Crippen LogP contribution in [0.1, 0.15) is 27.2 Å². The molecule has 50 valence electrons. The third kappa shape index (κ3) is 5.17. The van der Waals surface area contributed by atoms with Gasteiger partial charge in [-0.15, -0.1) is 11.8 Å². The Kier molecular flexibility index (Phi) is 5.01. The Labute approximate surface area is 58.0 Å². The molecule has 0 fully saturated rings. The third-order valence-electron chi connectivity index (χ3n) is 1.12. The van der Waals surface area contributed by atoms with Gasteiger partial charge in [0.1, 0.15) is 0 Å². The van der Waals surface area contributed by atoms with Gasteiger partial charge < -0.3 is 0 Å². The molecule has 0 heteroatoms. The minimum atomic E-state index is 0.520. The molecule has 0 nitrogen and oxygen atoms in total. The highest BCUT2D eigenvalue weighted by molar-refractivity contribution is 5.01. The second-order valence-corrected chi connectivity index (χ2v) is 2.10. The molecule has 9 heavy (non-hydrogen) atoms. The van der Waals surface area contributed by atoms with Crippen LogP contribution >= 0.6 is 0 Å². The maximum Gasteiger partial charge on any atom is 0.0208 e. The molecular formula is C9H14. The van der Waals surface area contributed by atoms with Crippen LogP contribution in [0.5, 0.6) is 0 Å². The smallest absolute Gasteiger partial charge is 0.0208 e. The van der Waals surface area contributed by atoms with Gasteiger partial charge in [0.2, 0.25) is 0 Å². The molecule has 1 unspecified atom stereocenters. The Balaban J connectivity index is 3.46. The van der Waals surface area contributed by atoms with E-state index >= 15 is 0 Å². The summed E-state index contributed by atoms with van der Waals surface area (Å²) >= 11 is 0. The molecular weight excluding hydrogens is 108 g/mol. The summed E-state index contributed by atoms with van der Waals surface area (Å²) in [7, 11) is 0. The van der Waals surface area contributed by atoms with Crippen molar-refractivity contribution < 1.29 is 0 Å². The lowest BCUT2D eigenvalue weighted by Crippen LogP contribution is -1.85. The summed E-state index contributed by atoms with van der Waals surface area (Å²) in [6.45, 7) is 6.05. The van der Waals surface area contributed by atoms with Crippen molar-refractivity contribution >= 4 is 0 Å². The van der Waals surface area contributed by atoms with E-state index in [0.717, 1.165) is 6.42 Å². The highest BCUT2D eigenvalue weighted by atomic mass is 13.9. The fraction of sp³-hybridized carbons (Fsp3) is 0.556. The second kappa shape index (κ2) is 5.44. The summed E-state index contributed by atoms with van der Waals surface area (Å²) in [5.41, 5.74) is 0. The van der Waals surface area contributed by atoms with Crippen molar-refractivity contribution in [2.75, 3.05) is 0 Å². The van der Waals surface area contributed by atoms with E-state index < -0.39 is 0 Å². The van der Waals surface area contributed by atoms with E-state index in [2.05, 4.69) is 30.9 Å². The Hall–Kier alpha value is -0.700. The topological polar surface area (TPSA) is 0 Å². The minimum Gasteiger partial charge on any atom is -0.106 e. The van der Waals surface area contributed by atoms with Crippen LogP contribution in [0.4, 0.5) is 0 Å². The summed E-state index contributed by atoms with van der Waals surface area (Å²) in [6.07, 6.45) is 5.29. The highest BCUT2D eigenvalue weighted by Crippen LogP contribution is 1.99. The average Bonchev–Trinajstić information content (AvgIpc) is 1.85.